The van der Waals surface area contributed by atoms with Gasteiger partial charge in [0.05, 0.1) is 13.2 Å². The van der Waals surface area contributed by atoms with Crippen molar-refractivity contribution in [2.24, 2.45) is 5.92 Å². The van der Waals surface area contributed by atoms with Crippen LogP contribution in [0.2, 0.25) is 0 Å². The third-order valence-electron chi connectivity index (χ3n) is 3.72. The fraction of sp³-hybridized carbons (Fsp3) is 0.556. The van der Waals surface area contributed by atoms with Crippen LogP contribution in [0.1, 0.15) is 38.8 Å². The Hall–Kier alpha value is -2.24. The number of carbonyl (C=O) groups excluding carboxylic acids is 2. The highest BCUT2D eigenvalue weighted by Gasteiger charge is 2.21. The first-order valence-electron chi connectivity index (χ1n) is 8.31. The van der Waals surface area contributed by atoms with Crippen molar-refractivity contribution in [1.82, 2.24) is 15.5 Å². The fourth-order valence-corrected chi connectivity index (χ4v) is 2.30. The van der Waals surface area contributed by atoms with Crippen LogP contribution in [-0.2, 0) is 4.79 Å². The summed E-state index contributed by atoms with van der Waals surface area (Å²) >= 11 is 0. The number of carbonyl (C=O) groups is 2. The van der Waals surface area contributed by atoms with Crippen molar-refractivity contribution in [1.29, 1.82) is 0 Å². The molecule has 1 aromatic carbocycles. The number of hydrogen-bond acceptors (Lipinski definition) is 3. The summed E-state index contributed by atoms with van der Waals surface area (Å²) < 4.78 is 5.16. The third-order valence-corrected chi connectivity index (χ3v) is 3.72. The summed E-state index contributed by atoms with van der Waals surface area (Å²) in [6, 6.07) is 7.23. The van der Waals surface area contributed by atoms with Gasteiger partial charge in [-0.1, -0.05) is 32.9 Å². The quantitative estimate of drug-likeness (QED) is 0.767. The molecule has 0 aliphatic carbocycles. The largest absolute Gasteiger partial charge is 0.497 e. The highest BCUT2D eigenvalue weighted by molar-refractivity contribution is 5.84. The topological polar surface area (TPSA) is 70.7 Å². The molecule has 134 valence electrons. The van der Waals surface area contributed by atoms with E-state index in [1.54, 1.807) is 14.2 Å². The lowest BCUT2D eigenvalue weighted by molar-refractivity contribution is -0.121. The van der Waals surface area contributed by atoms with Crippen molar-refractivity contribution >= 4 is 11.9 Å². The molecule has 1 rings (SSSR count). The van der Waals surface area contributed by atoms with Crippen LogP contribution in [0, 0.1) is 5.92 Å². The zero-order valence-electron chi connectivity index (χ0n) is 15.3. The van der Waals surface area contributed by atoms with Gasteiger partial charge in [-0.3, -0.25) is 4.79 Å². The predicted octanol–water partition coefficient (Wildman–Crippen LogP) is 2.56. The summed E-state index contributed by atoms with van der Waals surface area (Å²) in [7, 11) is 3.24. The lowest BCUT2D eigenvalue weighted by atomic mass is 9.96. The first kappa shape index (κ1) is 19.8. The molecule has 0 saturated carbocycles. The van der Waals surface area contributed by atoms with E-state index in [4.69, 9.17) is 4.74 Å². The third kappa shape index (κ3) is 6.10. The van der Waals surface area contributed by atoms with E-state index in [1.807, 2.05) is 45.0 Å². The number of nitrogens with zero attached hydrogens (tertiary/aromatic N) is 1. The van der Waals surface area contributed by atoms with E-state index in [0.717, 1.165) is 17.7 Å². The van der Waals surface area contributed by atoms with E-state index < -0.39 is 0 Å². The molecule has 24 heavy (non-hydrogen) atoms. The second kappa shape index (κ2) is 9.80. The number of ether oxygens (including phenoxy) is 1. The van der Waals surface area contributed by atoms with Crippen LogP contribution < -0.4 is 15.4 Å². The second-order valence-electron chi connectivity index (χ2n) is 6.15. The monoisotopic (exact) mass is 335 g/mol. The van der Waals surface area contributed by atoms with Gasteiger partial charge in [-0.05, 0) is 30.0 Å². The molecule has 0 fully saturated rings. The highest BCUT2D eigenvalue weighted by atomic mass is 16.5. The Balaban J connectivity index is 2.69. The summed E-state index contributed by atoms with van der Waals surface area (Å²) in [5, 5.41) is 5.76. The molecule has 0 aliphatic rings. The van der Waals surface area contributed by atoms with Crippen molar-refractivity contribution in [3.8, 4) is 5.75 Å². The molecule has 1 aromatic rings. The average Bonchev–Trinajstić information content (AvgIpc) is 2.57. The summed E-state index contributed by atoms with van der Waals surface area (Å²) in [5.74, 6) is 0.835. The molecule has 6 heteroatoms. The van der Waals surface area contributed by atoms with Crippen LogP contribution in [0.4, 0.5) is 4.79 Å². The van der Waals surface area contributed by atoms with Crippen molar-refractivity contribution < 1.29 is 14.3 Å². The summed E-state index contributed by atoms with van der Waals surface area (Å²) in [5.41, 5.74) is 1.00. The molecular formula is C18H29N3O3. The van der Waals surface area contributed by atoms with Gasteiger partial charge in [-0.25, -0.2) is 4.79 Å². The lowest BCUT2D eigenvalue weighted by Gasteiger charge is -2.26. The van der Waals surface area contributed by atoms with Crippen molar-refractivity contribution in [2.75, 3.05) is 27.2 Å². The highest BCUT2D eigenvalue weighted by Crippen LogP contribution is 2.24. The number of urea groups is 1. The van der Waals surface area contributed by atoms with Gasteiger partial charge < -0.3 is 20.3 Å². The molecule has 2 N–H and O–H groups in total. The molecule has 0 aliphatic heterocycles. The van der Waals surface area contributed by atoms with E-state index in [-0.39, 0.29) is 30.4 Å². The molecule has 0 spiro atoms. The Morgan fingerprint density at radius 3 is 2.33 bits per heavy atom. The zero-order chi connectivity index (χ0) is 18.1. The van der Waals surface area contributed by atoms with Gasteiger partial charge in [-0.2, -0.15) is 0 Å². The van der Waals surface area contributed by atoms with Gasteiger partial charge in [0.2, 0.25) is 5.91 Å². The summed E-state index contributed by atoms with van der Waals surface area (Å²) in [6.45, 7) is 6.74. The molecular weight excluding hydrogens is 306 g/mol. The number of hydrogen-bond donors (Lipinski definition) is 2. The second-order valence-corrected chi connectivity index (χ2v) is 6.15. The minimum Gasteiger partial charge on any atom is -0.497 e. The maximum Gasteiger partial charge on any atom is 0.318 e. The van der Waals surface area contributed by atoms with Crippen molar-refractivity contribution in [3.05, 3.63) is 29.8 Å². The zero-order valence-corrected chi connectivity index (χ0v) is 15.3. The van der Waals surface area contributed by atoms with Crippen molar-refractivity contribution in [2.45, 2.75) is 33.2 Å². The van der Waals surface area contributed by atoms with E-state index in [9.17, 15) is 9.59 Å². The molecule has 0 saturated heterocycles. The van der Waals surface area contributed by atoms with E-state index in [0.29, 0.717) is 6.54 Å². The fourth-order valence-electron chi connectivity index (χ4n) is 2.30. The minimum absolute atomic E-state index is 0.0409. The molecule has 1 atom stereocenters. The SMILES string of the molecule is CCCNC(=O)CN(C)C(=O)N[C@H](c1ccc(OC)cc1)C(C)C. The van der Waals surface area contributed by atoms with Gasteiger partial charge >= 0.3 is 6.03 Å². The summed E-state index contributed by atoms with van der Waals surface area (Å²) in [4.78, 5) is 25.5. The Kier molecular flexibility index (Phi) is 8.09. The van der Waals surface area contributed by atoms with Gasteiger partial charge in [-0.15, -0.1) is 0 Å². The van der Waals surface area contributed by atoms with Crippen LogP contribution in [0.25, 0.3) is 0 Å². The molecule has 0 bridgehead atoms. The van der Waals surface area contributed by atoms with Gasteiger partial charge in [0, 0.05) is 13.6 Å². The van der Waals surface area contributed by atoms with Crippen LogP contribution in [0.3, 0.4) is 0 Å². The van der Waals surface area contributed by atoms with E-state index in [2.05, 4.69) is 10.6 Å². The van der Waals surface area contributed by atoms with E-state index in [1.165, 1.54) is 4.90 Å². The van der Waals surface area contributed by atoms with E-state index >= 15 is 0 Å². The maximum absolute atomic E-state index is 12.4. The predicted molar refractivity (Wildman–Crippen MR) is 95.0 cm³/mol. The lowest BCUT2D eigenvalue weighted by Crippen LogP contribution is -2.45. The van der Waals surface area contributed by atoms with Crippen LogP contribution in [-0.4, -0.2) is 44.1 Å². The number of likely N-dealkylation sites (N-methyl/N-ethyl adjacent to an activating group) is 1. The Morgan fingerprint density at radius 1 is 1.21 bits per heavy atom. The smallest absolute Gasteiger partial charge is 0.318 e. The molecule has 0 radical (unpaired) electrons. The van der Waals surface area contributed by atoms with Crippen LogP contribution in [0.5, 0.6) is 5.75 Å². The minimum atomic E-state index is -0.267. The van der Waals surface area contributed by atoms with Gasteiger partial charge in [0.1, 0.15) is 12.3 Å². The molecule has 6 nitrogen and oxygen atoms in total. The molecule has 0 unspecified atom stereocenters. The maximum atomic E-state index is 12.4. The Morgan fingerprint density at radius 2 is 1.83 bits per heavy atom. The first-order valence-corrected chi connectivity index (χ1v) is 8.31. The van der Waals surface area contributed by atoms with Gasteiger partial charge in [0.25, 0.3) is 0 Å². The van der Waals surface area contributed by atoms with Crippen LogP contribution >= 0.6 is 0 Å². The van der Waals surface area contributed by atoms with Gasteiger partial charge in [0.15, 0.2) is 0 Å². The van der Waals surface area contributed by atoms with Crippen LogP contribution in [0.15, 0.2) is 24.3 Å². The molecule has 0 aromatic heterocycles. The molecule has 0 heterocycles. The standard InChI is InChI=1S/C18H29N3O3/c1-6-11-19-16(22)12-21(4)18(23)20-17(13(2)3)14-7-9-15(24-5)10-8-14/h7-10,13,17H,6,11-12H2,1-5H3,(H,19,22)(H,20,23)/t17-/m0/s1. The number of nitrogens with one attached hydrogen (secondary N) is 2. The first-order chi connectivity index (χ1) is 11.4. The molecule has 3 amide bonds. The van der Waals surface area contributed by atoms with Crippen molar-refractivity contribution in [3.63, 3.8) is 0 Å². The Bertz CT molecular complexity index is 529. The normalized spacial score (nSPS) is 11.8. The summed E-state index contributed by atoms with van der Waals surface area (Å²) in [6.07, 6.45) is 0.870. The number of methoxy groups -OCH3 is 1. The number of rotatable bonds is 8. The number of amides is 3. The number of benzene rings is 1. The Labute approximate surface area is 144 Å². The average molecular weight is 335 g/mol.